The van der Waals surface area contributed by atoms with E-state index in [-0.39, 0.29) is 0 Å². The minimum absolute atomic E-state index is 0.295. The molecule has 1 amide bonds. The Bertz CT molecular complexity index is 772. The molecule has 4 rings (SSSR count). The highest BCUT2D eigenvalue weighted by Gasteiger charge is 2.35. The van der Waals surface area contributed by atoms with E-state index in [1.807, 2.05) is 24.3 Å². The molecule has 1 aromatic carbocycles. The number of hydrogen-bond donors (Lipinski definition) is 0. The second-order valence-corrected chi connectivity index (χ2v) is 8.15. The highest BCUT2D eigenvalue weighted by molar-refractivity contribution is 6.30. The molecule has 6 heteroatoms. The molecule has 2 aromatic rings. The van der Waals surface area contributed by atoms with Gasteiger partial charge in [-0.25, -0.2) is 0 Å². The highest BCUT2D eigenvalue weighted by Crippen LogP contribution is 2.35. The molecule has 2 aliphatic rings. The third kappa shape index (κ3) is 4.34. The van der Waals surface area contributed by atoms with Crippen LogP contribution in [0.1, 0.15) is 57.3 Å². The van der Waals surface area contributed by atoms with Crippen LogP contribution in [0, 0.1) is 5.92 Å². The van der Waals surface area contributed by atoms with Gasteiger partial charge in [-0.15, -0.1) is 0 Å². The van der Waals surface area contributed by atoms with Crippen LogP contribution in [0.4, 0.5) is 0 Å². The maximum atomic E-state index is 12.7. The average Bonchev–Trinajstić information content (AvgIpc) is 3.17. The predicted molar refractivity (Wildman–Crippen MR) is 104 cm³/mol. The normalized spacial score (nSPS) is 22.5. The van der Waals surface area contributed by atoms with E-state index < -0.39 is 0 Å². The number of benzene rings is 1. The Morgan fingerprint density at radius 3 is 2.78 bits per heavy atom. The van der Waals surface area contributed by atoms with Crippen LogP contribution in [-0.4, -0.2) is 33.5 Å². The number of piperidine rings is 1. The number of hydrogen-bond acceptors (Lipinski definition) is 4. The second-order valence-electron chi connectivity index (χ2n) is 7.71. The van der Waals surface area contributed by atoms with Crippen molar-refractivity contribution in [1.82, 2.24) is 15.0 Å². The van der Waals surface area contributed by atoms with Crippen LogP contribution in [0.15, 0.2) is 28.8 Å². The van der Waals surface area contributed by atoms with Crippen molar-refractivity contribution < 1.29 is 9.32 Å². The zero-order chi connectivity index (χ0) is 18.6. The molecule has 1 aliphatic heterocycles. The van der Waals surface area contributed by atoms with E-state index >= 15 is 0 Å². The van der Waals surface area contributed by atoms with E-state index in [2.05, 4.69) is 15.0 Å². The SMILES string of the molecule is O=C(CCCc1nc(-c2ccc(Cl)cc2)no1)N1CCC[C@H]2CCCC[C@H]21. The fraction of sp³-hybridized carbons (Fsp3) is 0.571. The largest absolute Gasteiger partial charge is 0.339 e. The first kappa shape index (κ1) is 18.5. The lowest BCUT2D eigenvalue weighted by atomic mass is 9.78. The summed E-state index contributed by atoms with van der Waals surface area (Å²) in [6.45, 7) is 0.932. The molecule has 2 atom stereocenters. The molecule has 2 fully saturated rings. The summed E-state index contributed by atoms with van der Waals surface area (Å²) >= 11 is 5.91. The fourth-order valence-corrected chi connectivity index (χ4v) is 4.67. The van der Waals surface area contributed by atoms with E-state index in [1.54, 1.807) is 0 Å². The van der Waals surface area contributed by atoms with E-state index in [0.717, 1.165) is 30.9 Å². The van der Waals surface area contributed by atoms with Gasteiger partial charge in [-0.1, -0.05) is 29.6 Å². The Labute approximate surface area is 165 Å². The number of carbonyl (C=O) groups is 1. The Morgan fingerprint density at radius 1 is 1.15 bits per heavy atom. The third-order valence-corrected chi connectivity index (χ3v) is 6.17. The van der Waals surface area contributed by atoms with Crippen molar-refractivity contribution in [2.75, 3.05) is 6.54 Å². The van der Waals surface area contributed by atoms with Gasteiger partial charge in [0.25, 0.3) is 0 Å². The van der Waals surface area contributed by atoms with Gasteiger partial charge in [0.05, 0.1) is 0 Å². The van der Waals surface area contributed by atoms with E-state index in [4.69, 9.17) is 16.1 Å². The van der Waals surface area contributed by atoms with Gasteiger partial charge in [-0.2, -0.15) is 4.98 Å². The lowest BCUT2D eigenvalue weighted by molar-refractivity contribution is -0.137. The number of carbonyl (C=O) groups excluding carboxylic acids is 1. The summed E-state index contributed by atoms with van der Waals surface area (Å²) in [5, 5.41) is 4.71. The first-order valence-electron chi connectivity index (χ1n) is 10.1. The summed E-state index contributed by atoms with van der Waals surface area (Å²) in [6.07, 6.45) is 9.46. The first-order chi connectivity index (χ1) is 13.2. The second kappa shape index (κ2) is 8.42. The summed E-state index contributed by atoms with van der Waals surface area (Å²) in [6, 6.07) is 7.85. The number of amides is 1. The molecule has 1 saturated heterocycles. The van der Waals surface area contributed by atoms with Crippen molar-refractivity contribution in [1.29, 1.82) is 0 Å². The molecule has 0 radical (unpaired) electrons. The van der Waals surface area contributed by atoms with Crippen LogP contribution in [0.3, 0.4) is 0 Å². The molecule has 27 heavy (non-hydrogen) atoms. The number of nitrogens with zero attached hydrogens (tertiary/aromatic N) is 3. The number of fused-ring (bicyclic) bond motifs is 1. The number of likely N-dealkylation sites (tertiary alicyclic amines) is 1. The average molecular weight is 388 g/mol. The quantitative estimate of drug-likeness (QED) is 0.732. The van der Waals surface area contributed by atoms with Gasteiger partial charge in [0.15, 0.2) is 0 Å². The lowest BCUT2D eigenvalue weighted by Crippen LogP contribution is -2.49. The monoisotopic (exact) mass is 387 g/mol. The van der Waals surface area contributed by atoms with E-state index in [1.165, 1.54) is 32.1 Å². The summed E-state index contributed by atoms with van der Waals surface area (Å²) in [5.74, 6) is 2.18. The van der Waals surface area contributed by atoms with Crippen molar-refractivity contribution in [3.05, 3.63) is 35.2 Å². The Kier molecular flexibility index (Phi) is 5.77. The van der Waals surface area contributed by atoms with Gasteiger partial charge >= 0.3 is 0 Å². The molecular formula is C21H26ClN3O2. The van der Waals surface area contributed by atoms with Crippen molar-refractivity contribution in [2.24, 2.45) is 5.92 Å². The maximum absolute atomic E-state index is 12.7. The molecule has 1 saturated carbocycles. The van der Waals surface area contributed by atoms with Gasteiger partial charge in [0.2, 0.25) is 17.6 Å². The summed E-state index contributed by atoms with van der Waals surface area (Å²) in [4.78, 5) is 19.4. The van der Waals surface area contributed by atoms with Gasteiger partial charge < -0.3 is 9.42 Å². The van der Waals surface area contributed by atoms with Crippen LogP contribution in [-0.2, 0) is 11.2 Å². The Balaban J connectivity index is 1.29. The summed E-state index contributed by atoms with van der Waals surface area (Å²) < 4.78 is 5.34. The Hall–Kier alpha value is -1.88. The minimum atomic E-state index is 0.295. The summed E-state index contributed by atoms with van der Waals surface area (Å²) in [5.41, 5.74) is 0.877. The molecule has 0 unspecified atom stereocenters. The molecule has 2 heterocycles. The first-order valence-corrected chi connectivity index (χ1v) is 10.5. The molecule has 0 bridgehead atoms. The van der Waals surface area contributed by atoms with Gasteiger partial charge in [0, 0.05) is 36.0 Å². The van der Waals surface area contributed by atoms with Crippen LogP contribution in [0.25, 0.3) is 11.4 Å². The van der Waals surface area contributed by atoms with Crippen molar-refractivity contribution in [2.45, 2.75) is 63.8 Å². The zero-order valence-corrected chi connectivity index (χ0v) is 16.3. The molecule has 1 aromatic heterocycles. The van der Waals surface area contributed by atoms with E-state index in [9.17, 15) is 4.79 Å². The molecular weight excluding hydrogens is 362 g/mol. The number of halogens is 1. The fourth-order valence-electron chi connectivity index (χ4n) is 4.54. The third-order valence-electron chi connectivity index (χ3n) is 5.92. The van der Waals surface area contributed by atoms with E-state index in [0.29, 0.717) is 41.5 Å². The van der Waals surface area contributed by atoms with Crippen LogP contribution in [0.2, 0.25) is 5.02 Å². The molecule has 0 N–H and O–H groups in total. The summed E-state index contributed by atoms with van der Waals surface area (Å²) in [7, 11) is 0. The zero-order valence-electron chi connectivity index (χ0n) is 15.6. The van der Waals surface area contributed by atoms with Crippen LogP contribution >= 0.6 is 11.6 Å². The Morgan fingerprint density at radius 2 is 1.93 bits per heavy atom. The number of rotatable bonds is 5. The number of aromatic nitrogens is 2. The van der Waals surface area contributed by atoms with Crippen molar-refractivity contribution in [3.63, 3.8) is 0 Å². The minimum Gasteiger partial charge on any atom is -0.339 e. The molecule has 0 spiro atoms. The van der Waals surface area contributed by atoms with Gasteiger partial charge in [0.1, 0.15) is 0 Å². The molecule has 5 nitrogen and oxygen atoms in total. The van der Waals surface area contributed by atoms with Gasteiger partial charge in [-0.3, -0.25) is 4.79 Å². The molecule has 144 valence electrons. The smallest absolute Gasteiger partial charge is 0.226 e. The molecule has 1 aliphatic carbocycles. The van der Waals surface area contributed by atoms with Crippen LogP contribution in [0.5, 0.6) is 0 Å². The van der Waals surface area contributed by atoms with Crippen molar-refractivity contribution in [3.8, 4) is 11.4 Å². The topological polar surface area (TPSA) is 59.2 Å². The standard InChI is InChI=1S/C21H26ClN3O2/c22-17-12-10-16(11-13-17)21-23-19(27-24-21)8-3-9-20(26)25-14-4-6-15-5-1-2-7-18(15)25/h10-13,15,18H,1-9,14H2/t15-,18-/m1/s1. The van der Waals surface area contributed by atoms with Crippen LogP contribution < -0.4 is 0 Å². The predicted octanol–water partition coefficient (Wildman–Crippen LogP) is 4.89. The van der Waals surface area contributed by atoms with Gasteiger partial charge in [-0.05, 0) is 62.3 Å². The number of aryl methyl sites for hydroxylation is 1. The lowest BCUT2D eigenvalue weighted by Gasteiger charge is -2.44. The highest BCUT2D eigenvalue weighted by atomic mass is 35.5. The maximum Gasteiger partial charge on any atom is 0.226 e. The van der Waals surface area contributed by atoms with Crippen molar-refractivity contribution >= 4 is 17.5 Å².